The van der Waals surface area contributed by atoms with E-state index < -0.39 is 10.0 Å². The van der Waals surface area contributed by atoms with Crippen LogP contribution in [-0.4, -0.2) is 25.9 Å². The predicted octanol–water partition coefficient (Wildman–Crippen LogP) is 7.00. The normalized spacial score (nSPS) is 11.1. The molecule has 11 heteroatoms. The number of aromatic nitrogens is 1. The van der Waals surface area contributed by atoms with E-state index in [1.54, 1.807) is 24.3 Å². The van der Waals surface area contributed by atoms with E-state index in [0.29, 0.717) is 12.1 Å². The molecule has 0 fully saturated rings. The number of benzene rings is 3. The zero-order chi connectivity index (χ0) is 27.1. The Morgan fingerprint density at radius 1 is 0.895 bits per heavy atom. The number of amides is 1. The standard InChI is InChI=1S/C27H22Cl3N3O4S/c28-20-15-25(33-38(35,36)22-11-12-23(29)24(30)16-22)27(32-17-20)37-21-10-4-9-19(14-21)26(34)31-13-5-8-18-6-2-1-3-7-18/h1-4,6-7,9-12,14-17,33H,5,8,13H2,(H,31,34). The zero-order valence-electron chi connectivity index (χ0n) is 19.8. The number of hydrogen-bond donors (Lipinski definition) is 2. The van der Waals surface area contributed by atoms with Gasteiger partial charge in [0.2, 0.25) is 5.88 Å². The number of rotatable bonds is 10. The van der Waals surface area contributed by atoms with Crippen molar-refractivity contribution in [1.29, 1.82) is 0 Å². The second-order valence-electron chi connectivity index (χ2n) is 8.16. The summed E-state index contributed by atoms with van der Waals surface area (Å²) in [5.41, 5.74) is 1.59. The van der Waals surface area contributed by atoms with E-state index in [2.05, 4.69) is 15.0 Å². The fourth-order valence-corrected chi connectivity index (χ4v) is 5.08. The van der Waals surface area contributed by atoms with Crippen LogP contribution in [0.2, 0.25) is 15.1 Å². The molecule has 0 atom stereocenters. The molecule has 0 spiro atoms. The number of pyridine rings is 1. The summed E-state index contributed by atoms with van der Waals surface area (Å²) in [4.78, 5) is 16.7. The van der Waals surface area contributed by atoms with Crippen molar-refractivity contribution in [2.75, 3.05) is 11.3 Å². The van der Waals surface area contributed by atoms with Gasteiger partial charge in [0.05, 0.1) is 20.0 Å². The Balaban J connectivity index is 1.45. The number of halogens is 3. The van der Waals surface area contributed by atoms with Gasteiger partial charge in [-0.05, 0) is 60.9 Å². The first kappa shape index (κ1) is 27.7. The number of carbonyl (C=O) groups excluding carboxylic acids is 1. The molecule has 0 saturated heterocycles. The van der Waals surface area contributed by atoms with Crippen molar-refractivity contribution in [3.8, 4) is 11.6 Å². The van der Waals surface area contributed by atoms with Crippen LogP contribution in [0.25, 0.3) is 0 Å². The van der Waals surface area contributed by atoms with Crippen LogP contribution in [0.1, 0.15) is 22.3 Å². The molecule has 3 aromatic carbocycles. The first-order chi connectivity index (χ1) is 18.2. The second-order valence-corrected chi connectivity index (χ2v) is 11.1. The van der Waals surface area contributed by atoms with Crippen LogP contribution in [-0.2, 0) is 16.4 Å². The van der Waals surface area contributed by atoms with Crippen molar-refractivity contribution < 1.29 is 17.9 Å². The van der Waals surface area contributed by atoms with Crippen LogP contribution >= 0.6 is 34.8 Å². The fraction of sp³-hybridized carbons (Fsp3) is 0.111. The monoisotopic (exact) mass is 589 g/mol. The van der Waals surface area contributed by atoms with Crippen LogP contribution in [0, 0.1) is 0 Å². The Morgan fingerprint density at radius 3 is 2.45 bits per heavy atom. The summed E-state index contributed by atoms with van der Waals surface area (Å²) in [5, 5.41) is 3.40. The molecular weight excluding hydrogens is 569 g/mol. The molecule has 0 saturated carbocycles. The van der Waals surface area contributed by atoms with E-state index in [9.17, 15) is 13.2 Å². The average molecular weight is 591 g/mol. The van der Waals surface area contributed by atoms with Crippen LogP contribution in [0.15, 0.2) is 90.0 Å². The topological polar surface area (TPSA) is 97.4 Å². The Labute approximate surface area is 235 Å². The number of sulfonamides is 1. The summed E-state index contributed by atoms with van der Waals surface area (Å²) in [5.74, 6) is -0.0293. The minimum atomic E-state index is -4.07. The highest BCUT2D eigenvalue weighted by molar-refractivity contribution is 7.92. The first-order valence-electron chi connectivity index (χ1n) is 11.4. The van der Waals surface area contributed by atoms with Gasteiger partial charge in [0.25, 0.3) is 15.9 Å². The number of anilines is 1. The minimum absolute atomic E-state index is 0.000612. The number of nitrogens with zero attached hydrogens (tertiary/aromatic N) is 1. The summed E-state index contributed by atoms with van der Waals surface area (Å²) >= 11 is 17.9. The summed E-state index contributed by atoms with van der Waals surface area (Å²) in [6.45, 7) is 0.512. The lowest BCUT2D eigenvalue weighted by atomic mass is 10.1. The number of ether oxygens (including phenoxy) is 1. The fourth-order valence-electron chi connectivity index (χ4n) is 3.48. The van der Waals surface area contributed by atoms with Gasteiger partial charge in [0.15, 0.2) is 0 Å². The second kappa shape index (κ2) is 12.5. The molecule has 1 aromatic heterocycles. The summed E-state index contributed by atoms with van der Waals surface area (Å²) in [7, 11) is -4.07. The van der Waals surface area contributed by atoms with Gasteiger partial charge in [-0.2, -0.15) is 0 Å². The largest absolute Gasteiger partial charge is 0.437 e. The van der Waals surface area contributed by atoms with Gasteiger partial charge in [0.1, 0.15) is 11.4 Å². The van der Waals surface area contributed by atoms with Gasteiger partial charge in [-0.3, -0.25) is 9.52 Å². The van der Waals surface area contributed by atoms with E-state index in [1.807, 2.05) is 30.3 Å². The van der Waals surface area contributed by atoms with Crippen molar-refractivity contribution in [2.24, 2.45) is 0 Å². The van der Waals surface area contributed by atoms with Crippen LogP contribution in [0.3, 0.4) is 0 Å². The number of hydrogen-bond acceptors (Lipinski definition) is 5. The maximum absolute atomic E-state index is 12.9. The third-order valence-corrected chi connectivity index (χ3v) is 7.65. The third kappa shape index (κ3) is 7.39. The maximum atomic E-state index is 12.9. The molecule has 0 bridgehead atoms. The van der Waals surface area contributed by atoms with Gasteiger partial charge >= 0.3 is 0 Å². The quantitative estimate of drug-likeness (QED) is 0.194. The van der Waals surface area contributed by atoms with Crippen molar-refractivity contribution in [2.45, 2.75) is 17.7 Å². The highest BCUT2D eigenvalue weighted by Crippen LogP contribution is 2.32. The van der Waals surface area contributed by atoms with E-state index in [0.717, 1.165) is 12.8 Å². The highest BCUT2D eigenvalue weighted by Gasteiger charge is 2.20. The number of aryl methyl sites for hydroxylation is 1. The van der Waals surface area contributed by atoms with E-state index >= 15 is 0 Å². The lowest BCUT2D eigenvalue weighted by molar-refractivity contribution is 0.0953. The van der Waals surface area contributed by atoms with Crippen molar-refractivity contribution in [3.05, 3.63) is 111 Å². The number of carbonyl (C=O) groups is 1. The molecule has 0 aliphatic carbocycles. The lowest BCUT2D eigenvalue weighted by Gasteiger charge is -2.14. The van der Waals surface area contributed by atoms with Gasteiger partial charge in [0, 0.05) is 18.3 Å². The van der Waals surface area contributed by atoms with Gasteiger partial charge in [-0.15, -0.1) is 0 Å². The van der Waals surface area contributed by atoms with Gasteiger partial charge in [-0.25, -0.2) is 13.4 Å². The predicted molar refractivity (Wildman–Crippen MR) is 150 cm³/mol. The SMILES string of the molecule is O=C(NCCCc1ccccc1)c1cccc(Oc2ncc(Cl)cc2NS(=O)(=O)c2ccc(Cl)c(Cl)c2)c1. The Kier molecular flexibility index (Phi) is 9.12. The van der Waals surface area contributed by atoms with Crippen molar-refractivity contribution >= 4 is 56.4 Å². The Morgan fingerprint density at radius 2 is 1.68 bits per heavy atom. The minimum Gasteiger partial charge on any atom is -0.437 e. The van der Waals surface area contributed by atoms with Crippen molar-refractivity contribution in [3.63, 3.8) is 0 Å². The summed E-state index contributed by atoms with van der Waals surface area (Å²) < 4.78 is 34.2. The van der Waals surface area contributed by atoms with Gasteiger partial charge < -0.3 is 10.1 Å². The highest BCUT2D eigenvalue weighted by atomic mass is 35.5. The van der Waals surface area contributed by atoms with Gasteiger partial charge in [-0.1, -0.05) is 71.2 Å². The zero-order valence-corrected chi connectivity index (χ0v) is 22.9. The number of nitrogens with one attached hydrogen (secondary N) is 2. The molecule has 0 aliphatic rings. The molecule has 0 radical (unpaired) electrons. The molecule has 0 aliphatic heterocycles. The molecule has 196 valence electrons. The first-order valence-corrected chi connectivity index (χ1v) is 14.1. The lowest BCUT2D eigenvalue weighted by Crippen LogP contribution is -2.24. The summed E-state index contributed by atoms with van der Waals surface area (Å²) in [6.07, 6.45) is 2.97. The average Bonchev–Trinajstić information content (AvgIpc) is 2.90. The molecule has 4 aromatic rings. The molecule has 2 N–H and O–H groups in total. The molecule has 4 rings (SSSR count). The molecule has 1 heterocycles. The molecule has 0 unspecified atom stereocenters. The molecular formula is C27H22Cl3N3O4S. The van der Waals surface area contributed by atoms with E-state index in [-0.39, 0.29) is 43.2 Å². The molecule has 7 nitrogen and oxygen atoms in total. The van der Waals surface area contributed by atoms with Crippen LogP contribution in [0.5, 0.6) is 11.6 Å². The van der Waals surface area contributed by atoms with E-state index in [4.69, 9.17) is 39.5 Å². The third-order valence-electron chi connectivity index (χ3n) is 5.34. The smallest absolute Gasteiger partial charge is 0.262 e. The van der Waals surface area contributed by atoms with Crippen LogP contribution < -0.4 is 14.8 Å². The van der Waals surface area contributed by atoms with Crippen LogP contribution in [0.4, 0.5) is 5.69 Å². The molecule has 38 heavy (non-hydrogen) atoms. The van der Waals surface area contributed by atoms with Crippen molar-refractivity contribution in [1.82, 2.24) is 10.3 Å². The Hall–Kier alpha value is -3.30. The van der Waals surface area contributed by atoms with E-state index in [1.165, 1.54) is 36.0 Å². The summed E-state index contributed by atoms with van der Waals surface area (Å²) in [6, 6.07) is 21.8. The molecule has 1 amide bonds. The maximum Gasteiger partial charge on any atom is 0.262 e. The Bertz CT molecular complexity index is 1550.